The van der Waals surface area contributed by atoms with Gasteiger partial charge in [0.25, 0.3) is 0 Å². The zero-order valence-electron chi connectivity index (χ0n) is 20.9. The summed E-state index contributed by atoms with van der Waals surface area (Å²) in [5.74, 6) is 4.89. The molecule has 0 saturated heterocycles. The fourth-order valence-corrected chi connectivity index (χ4v) is 8.94. The van der Waals surface area contributed by atoms with E-state index in [-0.39, 0.29) is 12.1 Å². The molecule has 2 heteroatoms. The number of carbonyl (C=O) groups is 1. The summed E-state index contributed by atoms with van der Waals surface area (Å²) in [6, 6.07) is 0. The Hall–Kier alpha value is -0.790. The standard InChI is InChI=1S/C29H47O2/c1-19(2)8-7-9-20(3)25-12-13-26-24-11-10-22-18-23(31-21(4)30)14-16-28(22,5)27(24)15-17-29(25,26)6/h10,19-20,23-27H,4,7-9,11-18H2,1-3,5-6H3/t20-,23?,24?,25-,26?,27?,28+,29-/m1/s1. The second kappa shape index (κ2) is 8.86. The van der Waals surface area contributed by atoms with Crippen molar-refractivity contribution in [3.8, 4) is 0 Å². The van der Waals surface area contributed by atoms with Gasteiger partial charge in [-0.3, -0.25) is 4.79 Å². The summed E-state index contributed by atoms with van der Waals surface area (Å²) in [5, 5.41) is 0. The van der Waals surface area contributed by atoms with Crippen LogP contribution in [0.25, 0.3) is 0 Å². The molecule has 0 aromatic heterocycles. The Morgan fingerprint density at radius 1 is 1.10 bits per heavy atom. The van der Waals surface area contributed by atoms with Gasteiger partial charge in [-0.1, -0.05) is 65.5 Å². The molecule has 4 aliphatic carbocycles. The van der Waals surface area contributed by atoms with Crippen molar-refractivity contribution in [2.45, 2.75) is 111 Å². The van der Waals surface area contributed by atoms with Crippen LogP contribution in [0.3, 0.4) is 0 Å². The van der Waals surface area contributed by atoms with Gasteiger partial charge < -0.3 is 4.74 Å². The van der Waals surface area contributed by atoms with Crippen LogP contribution in [0.15, 0.2) is 11.6 Å². The number of rotatable bonds is 6. The average molecular weight is 428 g/mol. The molecule has 4 unspecified atom stereocenters. The van der Waals surface area contributed by atoms with Gasteiger partial charge in [0, 0.05) is 6.42 Å². The van der Waals surface area contributed by atoms with E-state index in [1.807, 2.05) is 0 Å². The Kier molecular flexibility index (Phi) is 6.68. The highest BCUT2D eigenvalue weighted by atomic mass is 16.5. The third kappa shape index (κ3) is 4.26. The minimum absolute atomic E-state index is 0.0530. The normalized spacial score (nSPS) is 42.9. The van der Waals surface area contributed by atoms with Crippen LogP contribution in [-0.4, -0.2) is 12.1 Å². The quantitative estimate of drug-likeness (QED) is 0.319. The van der Waals surface area contributed by atoms with Crippen LogP contribution in [0.2, 0.25) is 0 Å². The van der Waals surface area contributed by atoms with Crippen LogP contribution < -0.4 is 0 Å². The van der Waals surface area contributed by atoms with Crippen LogP contribution in [0.5, 0.6) is 0 Å². The Labute approximate surface area is 192 Å². The summed E-state index contributed by atoms with van der Waals surface area (Å²) in [6.45, 7) is 15.9. The minimum atomic E-state index is -0.365. The highest BCUT2D eigenvalue weighted by Gasteiger charge is 2.59. The van der Waals surface area contributed by atoms with Crippen molar-refractivity contribution in [1.29, 1.82) is 0 Å². The first-order valence-electron chi connectivity index (χ1n) is 13.4. The molecule has 1 radical (unpaired) electrons. The van der Waals surface area contributed by atoms with E-state index in [0.717, 1.165) is 48.3 Å². The van der Waals surface area contributed by atoms with Crippen molar-refractivity contribution >= 4 is 5.97 Å². The fourth-order valence-electron chi connectivity index (χ4n) is 8.94. The second-order valence-electron chi connectivity index (χ2n) is 12.6. The molecular formula is C29H47O2. The zero-order valence-corrected chi connectivity index (χ0v) is 20.9. The molecule has 3 fully saturated rings. The molecule has 4 aliphatic rings. The molecule has 0 aliphatic heterocycles. The third-order valence-electron chi connectivity index (χ3n) is 10.6. The van der Waals surface area contributed by atoms with Crippen LogP contribution in [0.1, 0.15) is 105 Å². The van der Waals surface area contributed by atoms with Gasteiger partial charge in [0.1, 0.15) is 6.10 Å². The molecule has 8 atom stereocenters. The highest BCUT2D eigenvalue weighted by Crippen LogP contribution is 2.67. The molecule has 0 N–H and O–H groups in total. The van der Waals surface area contributed by atoms with Crippen LogP contribution >= 0.6 is 0 Å². The average Bonchev–Trinajstić information content (AvgIpc) is 3.05. The van der Waals surface area contributed by atoms with Gasteiger partial charge >= 0.3 is 5.97 Å². The molecule has 4 rings (SSSR count). The van der Waals surface area contributed by atoms with Crippen molar-refractivity contribution < 1.29 is 9.53 Å². The highest BCUT2D eigenvalue weighted by molar-refractivity contribution is 5.73. The van der Waals surface area contributed by atoms with Crippen molar-refractivity contribution in [3.05, 3.63) is 18.6 Å². The van der Waals surface area contributed by atoms with E-state index < -0.39 is 0 Å². The van der Waals surface area contributed by atoms with E-state index in [1.54, 1.807) is 5.57 Å². The minimum Gasteiger partial charge on any atom is -0.462 e. The van der Waals surface area contributed by atoms with E-state index in [2.05, 4.69) is 47.6 Å². The number of hydrogen-bond acceptors (Lipinski definition) is 2. The topological polar surface area (TPSA) is 26.3 Å². The smallest absolute Gasteiger partial charge is 0.306 e. The molecule has 0 aromatic carbocycles. The predicted octanol–water partition coefficient (Wildman–Crippen LogP) is 7.77. The number of hydrogen-bond donors (Lipinski definition) is 0. The van der Waals surface area contributed by atoms with E-state index >= 15 is 0 Å². The summed E-state index contributed by atoms with van der Waals surface area (Å²) in [5.41, 5.74) is 2.47. The largest absolute Gasteiger partial charge is 0.462 e. The summed E-state index contributed by atoms with van der Waals surface area (Å²) in [4.78, 5) is 11.4. The summed E-state index contributed by atoms with van der Waals surface area (Å²) >= 11 is 0. The molecule has 0 amide bonds. The number of ether oxygens (including phenoxy) is 1. The van der Waals surface area contributed by atoms with E-state index in [1.165, 1.54) is 57.8 Å². The Balaban J connectivity index is 1.47. The monoisotopic (exact) mass is 427 g/mol. The maximum Gasteiger partial charge on any atom is 0.306 e. The first-order valence-corrected chi connectivity index (χ1v) is 13.4. The van der Waals surface area contributed by atoms with Crippen LogP contribution in [-0.2, 0) is 9.53 Å². The fraction of sp³-hybridized carbons (Fsp3) is 0.862. The molecule has 0 bridgehead atoms. The molecule has 31 heavy (non-hydrogen) atoms. The van der Waals surface area contributed by atoms with Gasteiger partial charge in [-0.2, -0.15) is 0 Å². The number of carbonyl (C=O) groups excluding carboxylic acids is 1. The second-order valence-corrected chi connectivity index (χ2v) is 12.6. The molecular weight excluding hydrogens is 380 g/mol. The maximum absolute atomic E-state index is 11.4. The Morgan fingerprint density at radius 3 is 2.58 bits per heavy atom. The van der Waals surface area contributed by atoms with Gasteiger partial charge in [0.05, 0.1) is 6.92 Å². The third-order valence-corrected chi connectivity index (χ3v) is 10.6. The van der Waals surface area contributed by atoms with Crippen molar-refractivity contribution in [2.24, 2.45) is 46.3 Å². The number of esters is 1. The summed E-state index contributed by atoms with van der Waals surface area (Å²) in [6.07, 6.45) is 17.0. The molecule has 175 valence electrons. The lowest BCUT2D eigenvalue weighted by molar-refractivity contribution is -0.145. The van der Waals surface area contributed by atoms with E-state index in [4.69, 9.17) is 4.74 Å². The Morgan fingerprint density at radius 2 is 1.87 bits per heavy atom. The summed E-state index contributed by atoms with van der Waals surface area (Å²) < 4.78 is 5.50. The first kappa shape index (κ1) is 23.4. The summed E-state index contributed by atoms with van der Waals surface area (Å²) in [7, 11) is 0. The Bertz CT molecular complexity index is 693. The molecule has 0 aromatic rings. The predicted molar refractivity (Wildman–Crippen MR) is 128 cm³/mol. The lowest BCUT2D eigenvalue weighted by Crippen LogP contribution is -2.51. The van der Waals surface area contributed by atoms with Gasteiger partial charge in [-0.05, 0) is 91.3 Å². The SMILES string of the molecule is [CH2]C(=O)OC1CC[C@@]2(C)C(=CCC3C2CC[C@@]2(C)C3CC[C@@H]2[C@H](C)CCCC(C)C)C1. The van der Waals surface area contributed by atoms with Crippen LogP contribution in [0, 0.1) is 53.3 Å². The van der Waals surface area contributed by atoms with Crippen molar-refractivity contribution in [3.63, 3.8) is 0 Å². The molecule has 0 spiro atoms. The number of allylic oxidation sites excluding steroid dienone is 1. The van der Waals surface area contributed by atoms with Crippen molar-refractivity contribution in [1.82, 2.24) is 0 Å². The van der Waals surface area contributed by atoms with Gasteiger partial charge in [-0.15, -0.1) is 0 Å². The van der Waals surface area contributed by atoms with Crippen LogP contribution in [0.4, 0.5) is 0 Å². The lowest BCUT2D eigenvalue weighted by Gasteiger charge is -2.58. The molecule has 2 nitrogen and oxygen atoms in total. The maximum atomic E-state index is 11.4. The van der Waals surface area contributed by atoms with Gasteiger partial charge in [-0.25, -0.2) is 0 Å². The molecule has 0 heterocycles. The number of fused-ring (bicyclic) bond motifs is 5. The first-order chi connectivity index (χ1) is 14.6. The van der Waals surface area contributed by atoms with Gasteiger partial charge in [0.2, 0.25) is 0 Å². The van der Waals surface area contributed by atoms with Crippen molar-refractivity contribution in [2.75, 3.05) is 0 Å². The lowest BCUT2D eigenvalue weighted by atomic mass is 9.47. The van der Waals surface area contributed by atoms with E-state index in [9.17, 15) is 4.79 Å². The van der Waals surface area contributed by atoms with Gasteiger partial charge in [0.15, 0.2) is 0 Å². The molecule has 3 saturated carbocycles. The zero-order chi connectivity index (χ0) is 22.4. The van der Waals surface area contributed by atoms with E-state index in [0.29, 0.717) is 10.8 Å².